The quantitative estimate of drug-likeness (QED) is 0.324. The first kappa shape index (κ1) is 11.5. The molecule has 0 N–H and O–H groups in total. The Kier molecular flexibility index (Phi) is 1.91. The maximum atomic E-state index is 2.35. The molecule has 0 radical (unpaired) electrons. The lowest BCUT2D eigenvalue weighted by molar-refractivity contribution is 1.31. The maximum Gasteiger partial charge on any atom is 0.0614 e. The second kappa shape index (κ2) is 3.82. The molecule has 0 aliphatic heterocycles. The molecule has 1 nitrogen and oxygen atoms in total. The minimum Gasteiger partial charge on any atom is -0.315 e. The summed E-state index contributed by atoms with van der Waals surface area (Å²) in [7, 11) is 0. The lowest BCUT2D eigenvalue weighted by Crippen LogP contribution is -1.77. The molecule has 0 unspecified atom stereocenters. The van der Waals surface area contributed by atoms with Crippen LogP contribution in [0.2, 0.25) is 0 Å². The Hall–Kier alpha value is -3.06. The third-order valence-corrected chi connectivity index (χ3v) is 5.11. The zero-order valence-electron chi connectivity index (χ0n) is 12.5. The van der Waals surface area contributed by atoms with Gasteiger partial charge in [0.2, 0.25) is 0 Å². The lowest BCUT2D eigenvalue weighted by Gasteiger charge is -2.04. The summed E-state index contributed by atoms with van der Waals surface area (Å²) in [5, 5.41) is 9.38. The van der Waals surface area contributed by atoms with E-state index in [1.165, 1.54) is 48.7 Å². The monoisotopic (exact) mass is 291 g/mol. The molecule has 0 amide bonds. The SMILES string of the molecule is c1ccc2c(c1)ccc1c2c2c3ccccc3cc3ccn1c32. The second-order valence-electron chi connectivity index (χ2n) is 6.28. The first-order valence-electron chi connectivity index (χ1n) is 7.97. The summed E-state index contributed by atoms with van der Waals surface area (Å²) in [5.74, 6) is 0. The first-order chi connectivity index (χ1) is 11.4. The predicted molar refractivity (Wildman–Crippen MR) is 98.6 cm³/mol. The van der Waals surface area contributed by atoms with Crippen LogP contribution in [-0.4, -0.2) is 4.40 Å². The largest absolute Gasteiger partial charge is 0.315 e. The molecule has 4 aromatic carbocycles. The number of benzene rings is 4. The minimum atomic E-state index is 1.30. The van der Waals surface area contributed by atoms with Crippen molar-refractivity contribution in [2.75, 3.05) is 0 Å². The number of aromatic nitrogens is 1. The van der Waals surface area contributed by atoms with Gasteiger partial charge in [0.1, 0.15) is 0 Å². The zero-order valence-corrected chi connectivity index (χ0v) is 12.5. The van der Waals surface area contributed by atoms with E-state index in [0.29, 0.717) is 0 Å². The highest BCUT2D eigenvalue weighted by Crippen LogP contribution is 2.41. The number of hydrogen-bond donors (Lipinski definition) is 0. The molecule has 1 heteroatoms. The average Bonchev–Trinajstić information content (AvgIpc) is 3.17. The molecule has 6 aromatic rings. The van der Waals surface area contributed by atoms with Gasteiger partial charge in [-0.15, -0.1) is 0 Å². The zero-order chi connectivity index (χ0) is 15.0. The van der Waals surface area contributed by atoms with Crippen molar-refractivity contribution in [3.63, 3.8) is 0 Å². The molecule has 0 atom stereocenters. The van der Waals surface area contributed by atoms with E-state index in [9.17, 15) is 0 Å². The summed E-state index contributed by atoms with van der Waals surface area (Å²) in [6.45, 7) is 0. The van der Waals surface area contributed by atoms with Crippen molar-refractivity contribution in [1.82, 2.24) is 4.40 Å². The van der Waals surface area contributed by atoms with Crippen LogP contribution in [0, 0.1) is 0 Å². The normalized spacial score (nSPS) is 12.3. The maximum absolute atomic E-state index is 2.35. The Morgan fingerprint density at radius 2 is 1.30 bits per heavy atom. The average molecular weight is 291 g/mol. The summed E-state index contributed by atoms with van der Waals surface area (Å²) in [5.41, 5.74) is 2.64. The molecule has 6 rings (SSSR count). The number of fused-ring (bicyclic) bond motifs is 7. The molecule has 2 heterocycles. The van der Waals surface area contributed by atoms with E-state index in [1.807, 2.05) is 0 Å². The van der Waals surface area contributed by atoms with Crippen molar-refractivity contribution < 1.29 is 0 Å². The molecule has 0 aliphatic carbocycles. The summed E-state index contributed by atoms with van der Waals surface area (Å²) in [6.07, 6.45) is 2.20. The smallest absolute Gasteiger partial charge is 0.0614 e. The molecular formula is C22H13N. The number of rotatable bonds is 0. The summed E-state index contributed by atoms with van der Waals surface area (Å²) in [4.78, 5) is 0. The Morgan fingerprint density at radius 3 is 2.17 bits per heavy atom. The van der Waals surface area contributed by atoms with Crippen LogP contribution in [0.25, 0.3) is 48.7 Å². The Bertz CT molecular complexity index is 1350. The van der Waals surface area contributed by atoms with Gasteiger partial charge in [-0.25, -0.2) is 0 Å². The van der Waals surface area contributed by atoms with E-state index in [0.717, 1.165) is 0 Å². The van der Waals surface area contributed by atoms with Crippen LogP contribution < -0.4 is 0 Å². The van der Waals surface area contributed by atoms with Crippen molar-refractivity contribution in [2.45, 2.75) is 0 Å². The first-order valence-corrected chi connectivity index (χ1v) is 7.97. The fourth-order valence-electron chi connectivity index (χ4n) is 4.15. The van der Waals surface area contributed by atoms with Crippen LogP contribution >= 0.6 is 0 Å². The van der Waals surface area contributed by atoms with Gasteiger partial charge in [0.25, 0.3) is 0 Å². The van der Waals surface area contributed by atoms with E-state index in [4.69, 9.17) is 0 Å². The summed E-state index contributed by atoms with van der Waals surface area (Å²) in [6, 6.07) is 26.4. The predicted octanol–water partition coefficient (Wildman–Crippen LogP) is 5.99. The van der Waals surface area contributed by atoms with Crippen LogP contribution in [-0.2, 0) is 0 Å². The molecule has 0 spiro atoms. The van der Waals surface area contributed by atoms with Crippen molar-refractivity contribution in [3.05, 3.63) is 79.0 Å². The van der Waals surface area contributed by atoms with Gasteiger partial charge < -0.3 is 4.40 Å². The standard InChI is InChI=1S/C22H13N/c1-3-7-17-14(5-1)9-10-19-20(17)21-18-8-4-2-6-15(18)13-16-11-12-23(19)22(16)21/h1-13H. The molecule has 106 valence electrons. The van der Waals surface area contributed by atoms with Crippen molar-refractivity contribution in [1.29, 1.82) is 0 Å². The molecule has 0 aliphatic rings. The summed E-state index contributed by atoms with van der Waals surface area (Å²) >= 11 is 0. The third kappa shape index (κ3) is 1.29. The van der Waals surface area contributed by atoms with Gasteiger partial charge in [-0.05, 0) is 39.7 Å². The molecule has 23 heavy (non-hydrogen) atoms. The fourth-order valence-corrected chi connectivity index (χ4v) is 4.15. The van der Waals surface area contributed by atoms with Crippen LogP contribution in [0.15, 0.2) is 79.0 Å². The van der Waals surface area contributed by atoms with Crippen LogP contribution in [0.4, 0.5) is 0 Å². The topological polar surface area (TPSA) is 4.41 Å². The van der Waals surface area contributed by atoms with E-state index in [-0.39, 0.29) is 0 Å². The number of hydrogen-bond acceptors (Lipinski definition) is 0. The van der Waals surface area contributed by atoms with E-state index in [2.05, 4.69) is 83.4 Å². The second-order valence-corrected chi connectivity index (χ2v) is 6.28. The molecule has 0 saturated heterocycles. The Labute approximate surface area is 132 Å². The molecule has 0 saturated carbocycles. The third-order valence-electron chi connectivity index (χ3n) is 5.11. The van der Waals surface area contributed by atoms with E-state index in [1.54, 1.807) is 0 Å². The highest BCUT2D eigenvalue weighted by Gasteiger charge is 2.16. The van der Waals surface area contributed by atoms with Gasteiger partial charge in [0, 0.05) is 22.4 Å². The van der Waals surface area contributed by atoms with Crippen LogP contribution in [0.3, 0.4) is 0 Å². The van der Waals surface area contributed by atoms with Crippen molar-refractivity contribution in [3.8, 4) is 0 Å². The minimum absolute atomic E-state index is 1.30. The van der Waals surface area contributed by atoms with Crippen LogP contribution in [0.1, 0.15) is 0 Å². The number of nitrogens with zero attached hydrogens (tertiary/aromatic N) is 1. The van der Waals surface area contributed by atoms with Gasteiger partial charge >= 0.3 is 0 Å². The summed E-state index contributed by atoms with van der Waals surface area (Å²) < 4.78 is 2.35. The Morgan fingerprint density at radius 1 is 0.565 bits per heavy atom. The van der Waals surface area contributed by atoms with Crippen LogP contribution in [0.5, 0.6) is 0 Å². The molecular weight excluding hydrogens is 278 g/mol. The van der Waals surface area contributed by atoms with Gasteiger partial charge in [-0.2, -0.15) is 0 Å². The molecule has 0 bridgehead atoms. The molecule has 2 aromatic heterocycles. The highest BCUT2D eigenvalue weighted by atomic mass is 14.9. The van der Waals surface area contributed by atoms with Gasteiger partial charge in [0.05, 0.1) is 11.0 Å². The van der Waals surface area contributed by atoms with Crippen molar-refractivity contribution >= 4 is 48.7 Å². The fraction of sp³-hybridized carbons (Fsp3) is 0. The van der Waals surface area contributed by atoms with Gasteiger partial charge in [0.15, 0.2) is 0 Å². The van der Waals surface area contributed by atoms with Gasteiger partial charge in [-0.3, -0.25) is 0 Å². The van der Waals surface area contributed by atoms with E-state index >= 15 is 0 Å². The van der Waals surface area contributed by atoms with Crippen molar-refractivity contribution in [2.24, 2.45) is 0 Å². The van der Waals surface area contributed by atoms with Gasteiger partial charge in [-0.1, -0.05) is 54.6 Å². The highest BCUT2D eigenvalue weighted by molar-refractivity contribution is 6.31. The van der Waals surface area contributed by atoms with E-state index < -0.39 is 0 Å². The Balaban J connectivity index is 2.10. The lowest BCUT2D eigenvalue weighted by atomic mass is 9.98. The molecule has 0 fully saturated rings.